The Hall–Kier alpha value is -1.51. The summed E-state index contributed by atoms with van der Waals surface area (Å²) in [6, 6.07) is 6.34. The first-order chi connectivity index (χ1) is 10.0. The zero-order valence-corrected chi connectivity index (χ0v) is 13.2. The monoisotopic (exact) mass is 287 g/mol. The molecule has 3 nitrogen and oxygen atoms in total. The molecular weight excluding hydrogens is 262 g/mol. The lowest BCUT2D eigenvalue weighted by Crippen LogP contribution is -2.44. The number of hydrogen-bond acceptors (Lipinski definition) is 2. The second-order valence-electron chi connectivity index (χ2n) is 6.80. The third kappa shape index (κ3) is 3.07. The van der Waals surface area contributed by atoms with Crippen molar-refractivity contribution in [1.29, 1.82) is 0 Å². The fourth-order valence-electron chi connectivity index (χ4n) is 3.77. The average molecular weight is 287 g/mol. The van der Waals surface area contributed by atoms with E-state index < -0.39 is 6.10 Å². The maximum absolute atomic E-state index is 12.3. The van der Waals surface area contributed by atoms with E-state index in [9.17, 15) is 4.79 Å². The van der Waals surface area contributed by atoms with Crippen molar-refractivity contribution in [2.75, 3.05) is 0 Å². The van der Waals surface area contributed by atoms with Gasteiger partial charge in [0.05, 0.1) is 0 Å². The number of fused-ring (bicyclic) bond motifs is 2. The van der Waals surface area contributed by atoms with Gasteiger partial charge >= 0.3 is 0 Å². The average Bonchev–Trinajstić information content (AvgIpc) is 3.05. The zero-order chi connectivity index (χ0) is 15.0. The number of rotatable bonds is 4. The Morgan fingerprint density at radius 3 is 2.67 bits per heavy atom. The third-order valence-electron chi connectivity index (χ3n) is 5.23. The molecule has 2 aliphatic carbocycles. The van der Waals surface area contributed by atoms with Gasteiger partial charge in [-0.3, -0.25) is 4.79 Å². The smallest absolute Gasteiger partial charge is 0.261 e. The molecule has 0 aromatic heterocycles. The molecule has 0 radical (unpaired) electrons. The van der Waals surface area contributed by atoms with Gasteiger partial charge in [-0.15, -0.1) is 0 Å². The van der Waals surface area contributed by atoms with Crippen LogP contribution in [0, 0.1) is 25.7 Å². The van der Waals surface area contributed by atoms with Crippen molar-refractivity contribution < 1.29 is 9.53 Å². The minimum absolute atomic E-state index is 0.0192. The van der Waals surface area contributed by atoms with Gasteiger partial charge in [0.2, 0.25) is 0 Å². The van der Waals surface area contributed by atoms with Gasteiger partial charge in [-0.25, -0.2) is 0 Å². The lowest BCUT2D eigenvalue weighted by atomic mass is 9.95. The Kier molecular flexibility index (Phi) is 3.92. The van der Waals surface area contributed by atoms with Crippen molar-refractivity contribution in [3.63, 3.8) is 0 Å². The standard InChI is InChI=1S/C18H25NO2/c1-11-4-7-16(8-12(11)2)21-13(3)18(20)19-17-10-14-5-6-15(17)9-14/h4,7-8,13-15,17H,5-6,9-10H2,1-3H3,(H,19,20)/t13-,14-,15-,17-/m0/s1. The Morgan fingerprint density at radius 1 is 1.24 bits per heavy atom. The van der Waals surface area contributed by atoms with Crippen LogP contribution in [-0.4, -0.2) is 18.1 Å². The van der Waals surface area contributed by atoms with E-state index in [0.29, 0.717) is 12.0 Å². The topological polar surface area (TPSA) is 38.3 Å². The predicted molar refractivity (Wildman–Crippen MR) is 83.4 cm³/mol. The molecule has 2 saturated carbocycles. The van der Waals surface area contributed by atoms with E-state index >= 15 is 0 Å². The first-order valence-corrected chi connectivity index (χ1v) is 8.07. The van der Waals surface area contributed by atoms with E-state index in [1.807, 2.05) is 25.1 Å². The fraction of sp³-hybridized carbons (Fsp3) is 0.611. The van der Waals surface area contributed by atoms with Crippen molar-refractivity contribution in [1.82, 2.24) is 5.32 Å². The number of ether oxygens (including phenoxy) is 1. The first-order valence-electron chi connectivity index (χ1n) is 8.07. The van der Waals surface area contributed by atoms with Gasteiger partial charge in [0.15, 0.2) is 6.10 Å². The molecule has 3 rings (SSSR count). The summed E-state index contributed by atoms with van der Waals surface area (Å²) in [6.45, 7) is 5.96. The van der Waals surface area contributed by atoms with Crippen LogP contribution in [0.3, 0.4) is 0 Å². The summed E-state index contributed by atoms with van der Waals surface area (Å²) in [6.07, 6.45) is 4.66. The van der Waals surface area contributed by atoms with Crippen LogP contribution in [0.25, 0.3) is 0 Å². The minimum atomic E-state index is -0.439. The fourth-order valence-corrected chi connectivity index (χ4v) is 3.77. The second-order valence-corrected chi connectivity index (χ2v) is 6.80. The van der Waals surface area contributed by atoms with E-state index in [2.05, 4.69) is 19.2 Å². The molecule has 0 unspecified atom stereocenters. The maximum atomic E-state index is 12.3. The number of carbonyl (C=O) groups is 1. The first kappa shape index (κ1) is 14.4. The molecule has 2 bridgehead atoms. The molecule has 0 heterocycles. The summed E-state index contributed by atoms with van der Waals surface area (Å²) in [5, 5.41) is 3.19. The molecule has 1 aromatic carbocycles. The number of benzene rings is 1. The lowest BCUT2D eigenvalue weighted by Gasteiger charge is -2.25. The highest BCUT2D eigenvalue weighted by atomic mass is 16.5. The molecule has 2 fully saturated rings. The molecule has 1 aromatic rings. The molecule has 1 amide bonds. The van der Waals surface area contributed by atoms with Crippen LogP contribution in [0.1, 0.15) is 43.7 Å². The van der Waals surface area contributed by atoms with Crippen LogP contribution in [0.4, 0.5) is 0 Å². The van der Waals surface area contributed by atoms with Crippen LogP contribution in [0.5, 0.6) is 5.75 Å². The van der Waals surface area contributed by atoms with Crippen molar-refractivity contribution in [3.8, 4) is 5.75 Å². The van der Waals surface area contributed by atoms with Gasteiger partial charge in [0.25, 0.3) is 5.91 Å². The van der Waals surface area contributed by atoms with Crippen LogP contribution < -0.4 is 10.1 Å². The summed E-state index contributed by atoms with van der Waals surface area (Å²) in [7, 11) is 0. The normalized spacial score (nSPS) is 28.4. The van der Waals surface area contributed by atoms with Gasteiger partial charge < -0.3 is 10.1 Å². The van der Waals surface area contributed by atoms with Gasteiger partial charge in [-0.2, -0.15) is 0 Å². The van der Waals surface area contributed by atoms with E-state index in [1.165, 1.54) is 30.4 Å². The Morgan fingerprint density at radius 2 is 2.05 bits per heavy atom. The summed E-state index contributed by atoms with van der Waals surface area (Å²) < 4.78 is 5.79. The van der Waals surface area contributed by atoms with Gasteiger partial charge in [-0.05, 0) is 75.1 Å². The SMILES string of the molecule is Cc1ccc(O[C@@H](C)C(=O)N[C@H]2C[C@H]3CC[C@H]2C3)cc1C. The van der Waals surface area contributed by atoms with Crippen LogP contribution in [0.15, 0.2) is 18.2 Å². The minimum Gasteiger partial charge on any atom is -0.481 e. The molecule has 0 spiro atoms. The number of nitrogens with one attached hydrogen (secondary N) is 1. The Labute approximate surface area is 127 Å². The molecule has 114 valence electrons. The number of carbonyl (C=O) groups excluding carboxylic acids is 1. The van der Waals surface area contributed by atoms with Crippen molar-refractivity contribution in [3.05, 3.63) is 29.3 Å². The van der Waals surface area contributed by atoms with E-state index in [-0.39, 0.29) is 5.91 Å². The second kappa shape index (κ2) is 5.70. The number of hydrogen-bond donors (Lipinski definition) is 1. The Bertz CT molecular complexity index is 540. The summed E-state index contributed by atoms with van der Waals surface area (Å²) in [4.78, 5) is 12.3. The summed E-state index contributed by atoms with van der Waals surface area (Å²) in [5.41, 5.74) is 2.43. The van der Waals surface area contributed by atoms with Crippen LogP contribution in [0.2, 0.25) is 0 Å². The number of aryl methyl sites for hydroxylation is 2. The van der Waals surface area contributed by atoms with E-state index in [4.69, 9.17) is 4.74 Å². The number of amides is 1. The summed E-state index contributed by atoms with van der Waals surface area (Å²) >= 11 is 0. The third-order valence-corrected chi connectivity index (χ3v) is 5.23. The largest absolute Gasteiger partial charge is 0.481 e. The Balaban J connectivity index is 1.56. The highest BCUT2D eigenvalue weighted by Gasteiger charge is 2.40. The van der Waals surface area contributed by atoms with E-state index in [0.717, 1.165) is 18.1 Å². The van der Waals surface area contributed by atoms with Crippen molar-refractivity contribution in [2.45, 2.75) is 58.6 Å². The molecule has 21 heavy (non-hydrogen) atoms. The molecule has 1 N–H and O–H groups in total. The molecule has 0 saturated heterocycles. The highest BCUT2D eigenvalue weighted by Crippen LogP contribution is 2.44. The van der Waals surface area contributed by atoms with Gasteiger partial charge in [-0.1, -0.05) is 12.5 Å². The van der Waals surface area contributed by atoms with Gasteiger partial charge in [0.1, 0.15) is 5.75 Å². The quantitative estimate of drug-likeness (QED) is 0.922. The zero-order valence-electron chi connectivity index (χ0n) is 13.2. The molecule has 4 atom stereocenters. The molecular formula is C18H25NO2. The molecule has 2 aliphatic rings. The highest BCUT2D eigenvalue weighted by molar-refractivity contribution is 5.81. The molecule has 0 aliphatic heterocycles. The van der Waals surface area contributed by atoms with Crippen molar-refractivity contribution >= 4 is 5.91 Å². The van der Waals surface area contributed by atoms with Gasteiger partial charge in [0, 0.05) is 6.04 Å². The summed E-state index contributed by atoms with van der Waals surface area (Å²) in [5.74, 6) is 2.34. The molecule has 3 heteroatoms. The van der Waals surface area contributed by atoms with Crippen molar-refractivity contribution in [2.24, 2.45) is 11.8 Å². The maximum Gasteiger partial charge on any atom is 0.261 e. The predicted octanol–water partition coefficient (Wildman–Crippen LogP) is 3.38. The van der Waals surface area contributed by atoms with Crippen LogP contribution in [-0.2, 0) is 4.79 Å². The lowest BCUT2D eigenvalue weighted by molar-refractivity contribution is -0.128. The van der Waals surface area contributed by atoms with Crippen LogP contribution >= 0.6 is 0 Å². The van der Waals surface area contributed by atoms with E-state index in [1.54, 1.807) is 0 Å².